The van der Waals surface area contributed by atoms with Gasteiger partial charge in [0.2, 0.25) is 0 Å². The summed E-state index contributed by atoms with van der Waals surface area (Å²) < 4.78 is 0. The molecule has 2 aliphatic carbocycles. The smallest absolute Gasteiger partial charge is 0.303 e. The van der Waals surface area contributed by atoms with Crippen molar-refractivity contribution in [3.63, 3.8) is 0 Å². The van der Waals surface area contributed by atoms with Crippen LogP contribution in [0.15, 0.2) is 12.2 Å². The Bertz CT molecular complexity index is 458. The number of aliphatic carboxylic acids is 1. The number of hydrogen-bond acceptors (Lipinski definition) is 2. The number of fused-ring (bicyclic) bond motifs is 1. The van der Waals surface area contributed by atoms with Crippen LogP contribution in [0, 0.1) is 28.6 Å². The van der Waals surface area contributed by atoms with Crippen LogP contribution in [0.1, 0.15) is 72.1 Å². The summed E-state index contributed by atoms with van der Waals surface area (Å²) in [4.78, 5) is 10.9. The maximum atomic E-state index is 10.9. The van der Waals surface area contributed by atoms with Crippen molar-refractivity contribution in [1.29, 1.82) is 0 Å². The molecule has 2 fully saturated rings. The monoisotopic (exact) mass is 322 g/mol. The largest absolute Gasteiger partial charge is 0.481 e. The number of carboxylic acids is 1. The first kappa shape index (κ1) is 18.5. The summed E-state index contributed by atoms with van der Waals surface area (Å²) in [6, 6.07) is 0. The van der Waals surface area contributed by atoms with Crippen molar-refractivity contribution in [2.75, 3.05) is 6.61 Å². The van der Waals surface area contributed by atoms with Gasteiger partial charge in [-0.2, -0.15) is 0 Å². The molecule has 0 spiro atoms. The zero-order valence-electron chi connectivity index (χ0n) is 15.1. The van der Waals surface area contributed by atoms with Gasteiger partial charge in [0, 0.05) is 13.0 Å². The molecule has 0 radical (unpaired) electrons. The first-order valence-electron chi connectivity index (χ1n) is 9.23. The number of carboxylic acid groups (broad SMARTS) is 1. The highest BCUT2D eigenvalue weighted by molar-refractivity contribution is 5.66. The zero-order valence-corrected chi connectivity index (χ0v) is 15.1. The number of carbonyl (C=O) groups is 1. The van der Waals surface area contributed by atoms with Crippen LogP contribution in [0.25, 0.3) is 0 Å². The molecule has 0 unspecified atom stereocenters. The highest BCUT2D eigenvalue weighted by Crippen LogP contribution is 2.61. The maximum Gasteiger partial charge on any atom is 0.303 e. The number of aliphatic hydroxyl groups is 1. The molecule has 0 aliphatic heterocycles. The van der Waals surface area contributed by atoms with Crippen molar-refractivity contribution in [2.45, 2.75) is 72.1 Å². The summed E-state index contributed by atoms with van der Waals surface area (Å²) in [5.41, 5.74) is 1.61. The van der Waals surface area contributed by atoms with Crippen LogP contribution in [0.4, 0.5) is 0 Å². The van der Waals surface area contributed by atoms with E-state index in [9.17, 15) is 9.90 Å². The highest BCUT2D eigenvalue weighted by Gasteiger charge is 2.53. The molecule has 3 nitrogen and oxygen atoms in total. The Labute approximate surface area is 141 Å². The number of aliphatic hydroxyl groups excluding tert-OH is 1. The average Bonchev–Trinajstić information content (AvgIpc) is 2.45. The normalized spacial score (nSPS) is 38.9. The van der Waals surface area contributed by atoms with Gasteiger partial charge in [-0.25, -0.2) is 0 Å². The van der Waals surface area contributed by atoms with Gasteiger partial charge in [-0.15, -0.1) is 0 Å². The average molecular weight is 322 g/mol. The quantitative estimate of drug-likeness (QED) is 0.700. The van der Waals surface area contributed by atoms with Crippen LogP contribution in [-0.4, -0.2) is 22.8 Å². The fourth-order valence-electron chi connectivity index (χ4n) is 5.66. The zero-order chi connectivity index (χ0) is 17.3. The Balaban J connectivity index is 2.14. The second-order valence-electron chi connectivity index (χ2n) is 8.75. The second-order valence-corrected chi connectivity index (χ2v) is 8.75. The molecular weight excluding hydrogens is 288 g/mol. The Hall–Kier alpha value is -0.830. The minimum Gasteiger partial charge on any atom is -0.481 e. The van der Waals surface area contributed by atoms with Gasteiger partial charge in [0.15, 0.2) is 0 Å². The lowest BCUT2D eigenvalue weighted by Crippen LogP contribution is -2.51. The van der Waals surface area contributed by atoms with Gasteiger partial charge in [0.25, 0.3) is 0 Å². The van der Waals surface area contributed by atoms with Crippen LogP contribution in [-0.2, 0) is 4.79 Å². The van der Waals surface area contributed by atoms with E-state index in [1.807, 2.05) is 6.92 Å². The molecule has 2 aliphatic rings. The van der Waals surface area contributed by atoms with E-state index in [1.54, 1.807) is 0 Å². The van der Waals surface area contributed by atoms with Crippen molar-refractivity contribution in [3.8, 4) is 0 Å². The third kappa shape index (κ3) is 3.65. The second kappa shape index (κ2) is 6.96. The summed E-state index contributed by atoms with van der Waals surface area (Å²) in [7, 11) is 0. The molecule has 0 aromatic rings. The summed E-state index contributed by atoms with van der Waals surface area (Å²) >= 11 is 0. The molecule has 132 valence electrons. The van der Waals surface area contributed by atoms with E-state index < -0.39 is 5.97 Å². The van der Waals surface area contributed by atoms with E-state index in [0.29, 0.717) is 11.8 Å². The van der Waals surface area contributed by atoms with E-state index in [-0.39, 0.29) is 29.8 Å². The lowest BCUT2D eigenvalue weighted by atomic mass is 9.46. The van der Waals surface area contributed by atoms with E-state index in [4.69, 9.17) is 5.11 Å². The molecule has 0 saturated heterocycles. The van der Waals surface area contributed by atoms with Crippen molar-refractivity contribution >= 4 is 5.97 Å². The first-order valence-corrected chi connectivity index (χ1v) is 9.23. The van der Waals surface area contributed by atoms with Gasteiger partial charge in [0.05, 0.1) is 0 Å². The molecule has 2 N–H and O–H groups in total. The number of hydrogen-bond donors (Lipinski definition) is 2. The van der Waals surface area contributed by atoms with E-state index in [0.717, 1.165) is 32.1 Å². The third-order valence-corrected chi connectivity index (χ3v) is 6.98. The summed E-state index contributed by atoms with van der Waals surface area (Å²) in [6.45, 7) is 11.3. The molecule has 0 aromatic heterocycles. The van der Waals surface area contributed by atoms with Crippen molar-refractivity contribution in [3.05, 3.63) is 12.2 Å². The van der Waals surface area contributed by atoms with Gasteiger partial charge < -0.3 is 10.2 Å². The third-order valence-electron chi connectivity index (χ3n) is 6.98. The Kier molecular flexibility index (Phi) is 5.60. The standard InChI is InChI=1S/C20H34O3/c1-14(12-18(22)23)6-8-16-15(2)7-9-17-19(3,13-21)10-5-11-20(16,17)4/h14,16-17,21H,2,5-13H2,1,3-4H3,(H,22,23)/t14-,16-,17+,19-,20-/m0/s1. The molecular formula is C20H34O3. The molecule has 3 heteroatoms. The van der Waals surface area contributed by atoms with Gasteiger partial charge in [0.1, 0.15) is 0 Å². The van der Waals surface area contributed by atoms with Crippen LogP contribution in [0.3, 0.4) is 0 Å². The van der Waals surface area contributed by atoms with Crippen molar-refractivity contribution in [2.24, 2.45) is 28.6 Å². The van der Waals surface area contributed by atoms with Crippen molar-refractivity contribution < 1.29 is 15.0 Å². The molecule has 0 bridgehead atoms. The van der Waals surface area contributed by atoms with Crippen LogP contribution in [0.5, 0.6) is 0 Å². The van der Waals surface area contributed by atoms with Gasteiger partial charge in [-0.3, -0.25) is 4.79 Å². The van der Waals surface area contributed by atoms with Gasteiger partial charge >= 0.3 is 5.97 Å². The first-order chi connectivity index (χ1) is 10.7. The van der Waals surface area contributed by atoms with E-state index >= 15 is 0 Å². The Morgan fingerprint density at radius 1 is 1.39 bits per heavy atom. The topological polar surface area (TPSA) is 57.5 Å². The van der Waals surface area contributed by atoms with Gasteiger partial charge in [-0.05, 0) is 67.1 Å². The lowest BCUT2D eigenvalue weighted by molar-refractivity contribution is -0.138. The molecule has 2 saturated carbocycles. The predicted octanol–water partition coefficient (Wildman–Crippen LogP) is 4.65. The Morgan fingerprint density at radius 3 is 2.70 bits per heavy atom. The Morgan fingerprint density at radius 2 is 2.09 bits per heavy atom. The van der Waals surface area contributed by atoms with Crippen LogP contribution < -0.4 is 0 Å². The number of rotatable bonds is 6. The van der Waals surface area contributed by atoms with Gasteiger partial charge in [-0.1, -0.05) is 39.3 Å². The molecule has 23 heavy (non-hydrogen) atoms. The predicted molar refractivity (Wildman–Crippen MR) is 93.2 cm³/mol. The minimum absolute atomic E-state index is 0.0403. The molecule has 0 heterocycles. The summed E-state index contributed by atoms with van der Waals surface area (Å²) in [5.74, 6) is 0.550. The highest BCUT2D eigenvalue weighted by atomic mass is 16.4. The molecule has 0 amide bonds. The van der Waals surface area contributed by atoms with Crippen molar-refractivity contribution in [1.82, 2.24) is 0 Å². The lowest BCUT2D eigenvalue weighted by Gasteiger charge is -2.58. The fraction of sp³-hybridized carbons (Fsp3) is 0.850. The van der Waals surface area contributed by atoms with E-state index in [2.05, 4.69) is 20.4 Å². The summed E-state index contributed by atoms with van der Waals surface area (Å²) in [6.07, 6.45) is 7.98. The summed E-state index contributed by atoms with van der Waals surface area (Å²) in [5, 5.41) is 19.0. The molecule has 2 rings (SSSR count). The SMILES string of the molecule is C=C1CC[C@@H]2[C@](C)(CO)CCC[C@@]2(C)[C@H]1CC[C@H](C)CC(=O)O. The van der Waals surface area contributed by atoms with Crippen LogP contribution in [0.2, 0.25) is 0 Å². The van der Waals surface area contributed by atoms with Crippen LogP contribution >= 0.6 is 0 Å². The molecule has 5 atom stereocenters. The molecule has 0 aromatic carbocycles. The fourth-order valence-corrected chi connectivity index (χ4v) is 5.66. The maximum absolute atomic E-state index is 10.9. The number of allylic oxidation sites excluding steroid dienone is 1. The minimum atomic E-state index is -0.699. The van der Waals surface area contributed by atoms with E-state index in [1.165, 1.54) is 18.4 Å².